The van der Waals surface area contributed by atoms with E-state index in [-0.39, 0.29) is 5.96 Å². The van der Waals surface area contributed by atoms with Crippen molar-refractivity contribution in [3.63, 3.8) is 0 Å². The van der Waals surface area contributed by atoms with Gasteiger partial charge >= 0.3 is 0 Å². The Morgan fingerprint density at radius 3 is 2.55 bits per heavy atom. The molecule has 0 radical (unpaired) electrons. The highest BCUT2D eigenvalue weighted by Gasteiger charge is 1.94. The van der Waals surface area contributed by atoms with Crippen LogP contribution in [0.1, 0.15) is 43.7 Å². The van der Waals surface area contributed by atoms with Gasteiger partial charge < -0.3 is 16.2 Å². The third-order valence-electron chi connectivity index (χ3n) is 2.77. The molecule has 0 unspecified atom stereocenters. The highest BCUT2D eigenvalue weighted by Crippen LogP contribution is 2.06. The molecule has 20 heavy (non-hydrogen) atoms. The SMILES string of the molecule is CCCCCCOCc1ccc(C=NN=C(N)N)cc1. The van der Waals surface area contributed by atoms with E-state index in [9.17, 15) is 0 Å². The molecule has 0 heterocycles. The molecule has 0 aliphatic heterocycles. The second-order valence-corrected chi connectivity index (χ2v) is 4.62. The summed E-state index contributed by atoms with van der Waals surface area (Å²) in [5, 5.41) is 7.30. The van der Waals surface area contributed by atoms with Gasteiger partial charge in [0.25, 0.3) is 0 Å². The number of nitrogens with two attached hydrogens (primary N) is 2. The van der Waals surface area contributed by atoms with Gasteiger partial charge in [0, 0.05) is 6.61 Å². The van der Waals surface area contributed by atoms with Gasteiger partial charge in [0.15, 0.2) is 0 Å². The van der Waals surface area contributed by atoms with Crippen LogP contribution in [-0.2, 0) is 11.3 Å². The van der Waals surface area contributed by atoms with E-state index in [4.69, 9.17) is 16.2 Å². The molecule has 0 atom stereocenters. The predicted molar refractivity (Wildman–Crippen MR) is 83.6 cm³/mol. The molecule has 0 saturated heterocycles. The van der Waals surface area contributed by atoms with Crippen LogP contribution in [0, 0.1) is 0 Å². The second kappa shape index (κ2) is 9.97. The highest BCUT2D eigenvalue weighted by atomic mass is 16.5. The van der Waals surface area contributed by atoms with Gasteiger partial charge in [0.2, 0.25) is 5.96 Å². The number of ether oxygens (including phenoxy) is 1. The van der Waals surface area contributed by atoms with Gasteiger partial charge in [-0.2, -0.15) is 5.10 Å². The third-order valence-corrected chi connectivity index (χ3v) is 2.77. The quantitative estimate of drug-likeness (QED) is 0.314. The van der Waals surface area contributed by atoms with Gasteiger partial charge in [-0.3, -0.25) is 0 Å². The van der Waals surface area contributed by atoms with Crippen molar-refractivity contribution < 1.29 is 4.74 Å². The van der Waals surface area contributed by atoms with E-state index < -0.39 is 0 Å². The zero-order chi connectivity index (χ0) is 14.6. The minimum absolute atomic E-state index is 0.0469. The number of nitrogens with zero attached hydrogens (tertiary/aromatic N) is 2. The van der Waals surface area contributed by atoms with Crippen LogP contribution in [0.5, 0.6) is 0 Å². The number of rotatable bonds is 9. The largest absolute Gasteiger partial charge is 0.377 e. The van der Waals surface area contributed by atoms with Gasteiger partial charge in [0.05, 0.1) is 12.8 Å². The summed E-state index contributed by atoms with van der Waals surface area (Å²) in [7, 11) is 0. The molecule has 4 N–H and O–H groups in total. The van der Waals surface area contributed by atoms with E-state index in [2.05, 4.69) is 17.1 Å². The Balaban J connectivity index is 2.28. The van der Waals surface area contributed by atoms with Gasteiger partial charge in [-0.05, 0) is 17.5 Å². The summed E-state index contributed by atoms with van der Waals surface area (Å²) in [6.45, 7) is 3.68. The average molecular weight is 276 g/mol. The molecule has 1 aromatic rings. The summed E-state index contributed by atoms with van der Waals surface area (Å²) in [6.07, 6.45) is 6.53. The van der Waals surface area contributed by atoms with Gasteiger partial charge in [-0.1, -0.05) is 50.5 Å². The first-order valence-corrected chi connectivity index (χ1v) is 7.01. The molecule has 0 fully saturated rings. The number of hydrogen-bond acceptors (Lipinski definition) is 3. The fraction of sp³-hybridized carbons (Fsp3) is 0.467. The van der Waals surface area contributed by atoms with E-state index in [0.717, 1.165) is 24.2 Å². The fourth-order valence-corrected chi connectivity index (χ4v) is 1.68. The van der Waals surface area contributed by atoms with Gasteiger partial charge in [-0.15, -0.1) is 5.10 Å². The lowest BCUT2D eigenvalue weighted by Gasteiger charge is -2.04. The van der Waals surface area contributed by atoms with Crippen LogP contribution in [0.4, 0.5) is 0 Å². The molecule has 0 aliphatic carbocycles. The average Bonchev–Trinajstić information content (AvgIpc) is 2.44. The van der Waals surface area contributed by atoms with Crippen LogP contribution >= 0.6 is 0 Å². The van der Waals surface area contributed by atoms with Crippen LogP contribution in [0.25, 0.3) is 0 Å². The lowest BCUT2D eigenvalue weighted by atomic mass is 10.1. The van der Waals surface area contributed by atoms with Crippen LogP contribution in [0.2, 0.25) is 0 Å². The summed E-state index contributed by atoms with van der Waals surface area (Å²) in [4.78, 5) is 0. The van der Waals surface area contributed by atoms with Gasteiger partial charge in [-0.25, -0.2) is 0 Å². The van der Waals surface area contributed by atoms with E-state index in [0.29, 0.717) is 6.61 Å². The Morgan fingerprint density at radius 2 is 1.90 bits per heavy atom. The number of guanidine groups is 1. The zero-order valence-corrected chi connectivity index (χ0v) is 12.1. The summed E-state index contributed by atoms with van der Waals surface area (Å²) >= 11 is 0. The fourth-order valence-electron chi connectivity index (χ4n) is 1.68. The minimum atomic E-state index is -0.0469. The molecule has 0 bridgehead atoms. The van der Waals surface area contributed by atoms with Crippen molar-refractivity contribution in [3.05, 3.63) is 35.4 Å². The van der Waals surface area contributed by atoms with E-state index in [1.165, 1.54) is 19.3 Å². The van der Waals surface area contributed by atoms with Crippen LogP contribution in [0.3, 0.4) is 0 Å². The Labute approximate surface area is 120 Å². The molecule has 0 amide bonds. The lowest BCUT2D eigenvalue weighted by molar-refractivity contribution is 0.117. The first-order valence-electron chi connectivity index (χ1n) is 7.01. The predicted octanol–water partition coefficient (Wildman–Crippen LogP) is 2.39. The van der Waals surface area contributed by atoms with Crippen molar-refractivity contribution in [1.29, 1.82) is 0 Å². The monoisotopic (exact) mass is 276 g/mol. The lowest BCUT2D eigenvalue weighted by Crippen LogP contribution is -2.21. The number of hydrogen-bond donors (Lipinski definition) is 2. The molecule has 5 heteroatoms. The van der Waals surface area contributed by atoms with Crippen LogP contribution < -0.4 is 11.5 Å². The summed E-state index contributed by atoms with van der Waals surface area (Å²) in [5.74, 6) is -0.0469. The molecule has 5 nitrogen and oxygen atoms in total. The van der Waals surface area contributed by atoms with Crippen molar-refractivity contribution >= 4 is 12.2 Å². The van der Waals surface area contributed by atoms with E-state index in [1.807, 2.05) is 24.3 Å². The second-order valence-electron chi connectivity index (χ2n) is 4.62. The maximum absolute atomic E-state index is 5.63. The molecular formula is C15H24N4O. The molecule has 0 saturated carbocycles. The molecule has 0 spiro atoms. The Bertz CT molecular complexity index is 422. The van der Waals surface area contributed by atoms with Crippen molar-refractivity contribution in [1.82, 2.24) is 0 Å². The van der Waals surface area contributed by atoms with Crippen molar-refractivity contribution in [2.75, 3.05) is 6.61 Å². The third kappa shape index (κ3) is 7.53. The first-order chi connectivity index (χ1) is 9.72. The smallest absolute Gasteiger partial charge is 0.211 e. The first kappa shape index (κ1) is 16.2. The van der Waals surface area contributed by atoms with Crippen LogP contribution in [-0.4, -0.2) is 18.8 Å². The standard InChI is InChI=1S/C15H24N4O/c1-2-3-4-5-10-20-12-14-8-6-13(7-9-14)11-18-19-15(16)17/h6-9,11H,2-5,10,12H2,1H3,(H4,16,17,19). The molecular weight excluding hydrogens is 252 g/mol. The molecule has 0 aliphatic rings. The van der Waals surface area contributed by atoms with Crippen molar-refractivity contribution in [2.24, 2.45) is 21.7 Å². The summed E-state index contributed by atoms with van der Waals surface area (Å²) in [6, 6.07) is 7.95. The summed E-state index contributed by atoms with van der Waals surface area (Å²) < 4.78 is 5.63. The maximum atomic E-state index is 5.63. The number of benzene rings is 1. The Hall–Kier alpha value is -1.88. The van der Waals surface area contributed by atoms with Crippen molar-refractivity contribution in [3.8, 4) is 0 Å². The van der Waals surface area contributed by atoms with E-state index in [1.54, 1.807) is 6.21 Å². The Morgan fingerprint density at radius 1 is 1.15 bits per heavy atom. The normalized spacial score (nSPS) is 10.8. The van der Waals surface area contributed by atoms with Crippen LogP contribution in [0.15, 0.2) is 34.5 Å². The maximum Gasteiger partial charge on any atom is 0.211 e. The van der Waals surface area contributed by atoms with E-state index >= 15 is 0 Å². The zero-order valence-electron chi connectivity index (χ0n) is 12.1. The molecule has 1 aromatic carbocycles. The summed E-state index contributed by atoms with van der Waals surface area (Å²) in [5.41, 5.74) is 12.5. The highest BCUT2D eigenvalue weighted by molar-refractivity contribution is 5.81. The minimum Gasteiger partial charge on any atom is -0.377 e. The Kier molecular flexibility index (Phi) is 8.07. The van der Waals surface area contributed by atoms with Gasteiger partial charge in [0.1, 0.15) is 0 Å². The number of unbranched alkanes of at least 4 members (excludes halogenated alkanes) is 3. The molecule has 110 valence electrons. The topological polar surface area (TPSA) is 86.0 Å². The van der Waals surface area contributed by atoms with Crippen molar-refractivity contribution in [2.45, 2.75) is 39.2 Å². The molecule has 1 rings (SSSR count). The molecule has 0 aromatic heterocycles.